The van der Waals surface area contributed by atoms with Gasteiger partial charge in [-0.25, -0.2) is 4.68 Å². The fraction of sp³-hybridized carbons (Fsp3) is 0.160. The van der Waals surface area contributed by atoms with E-state index in [1.54, 1.807) is 14.2 Å². The second kappa shape index (κ2) is 9.29. The van der Waals surface area contributed by atoms with Gasteiger partial charge in [0.1, 0.15) is 18.8 Å². The average Bonchev–Trinajstić information content (AvgIpc) is 3.24. The monoisotopic (exact) mass is 400 g/mol. The van der Waals surface area contributed by atoms with Crippen molar-refractivity contribution in [1.82, 2.24) is 9.78 Å². The third-order valence-corrected chi connectivity index (χ3v) is 5.05. The number of methoxy groups -OCH3 is 2. The first kappa shape index (κ1) is 19.7. The summed E-state index contributed by atoms with van der Waals surface area (Å²) in [6.45, 7) is 1.74. The van der Waals surface area contributed by atoms with Crippen LogP contribution in [0.25, 0.3) is 16.9 Å². The van der Waals surface area contributed by atoms with E-state index in [2.05, 4.69) is 47.9 Å². The van der Waals surface area contributed by atoms with Crippen LogP contribution in [0.3, 0.4) is 0 Å². The molecule has 2 N–H and O–H groups in total. The number of nitrogens with two attached hydrogens (primary N) is 1. The molecule has 0 fully saturated rings. The minimum absolute atomic E-state index is 0.698. The van der Waals surface area contributed by atoms with E-state index in [-0.39, 0.29) is 0 Å². The molecule has 1 heterocycles. The number of quaternary nitrogens is 1. The van der Waals surface area contributed by atoms with E-state index in [0.717, 1.165) is 30.0 Å². The van der Waals surface area contributed by atoms with Crippen LogP contribution in [-0.2, 0) is 13.1 Å². The summed E-state index contributed by atoms with van der Waals surface area (Å²) in [5, 5.41) is 7.21. The fourth-order valence-corrected chi connectivity index (χ4v) is 3.51. The maximum Gasteiger partial charge on any atom is 0.161 e. The molecule has 3 aromatic carbocycles. The second-order valence-corrected chi connectivity index (χ2v) is 7.04. The van der Waals surface area contributed by atoms with Gasteiger partial charge in [-0.2, -0.15) is 5.10 Å². The van der Waals surface area contributed by atoms with Crippen LogP contribution in [0.4, 0.5) is 0 Å². The number of nitrogens with zero attached hydrogens (tertiary/aromatic N) is 2. The van der Waals surface area contributed by atoms with E-state index >= 15 is 0 Å². The molecule has 0 radical (unpaired) electrons. The zero-order chi connectivity index (χ0) is 20.8. The van der Waals surface area contributed by atoms with Crippen molar-refractivity contribution in [3.05, 3.63) is 96.2 Å². The van der Waals surface area contributed by atoms with Crippen LogP contribution in [0.2, 0.25) is 0 Å². The van der Waals surface area contributed by atoms with Crippen LogP contribution in [-0.4, -0.2) is 24.0 Å². The highest BCUT2D eigenvalue weighted by molar-refractivity contribution is 5.67. The Hall–Kier alpha value is -3.57. The van der Waals surface area contributed by atoms with Gasteiger partial charge in [0.15, 0.2) is 11.5 Å². The molecule has 0 saturated carbocycles. The summed E-state index contributed by atoms with van der Waals surface area (Å²) in [5.41, 5.74) is 5.46. The van der Waals surface area contributed by atoms with Crippen molar-refractivity contribution in [2.75, 3.05) is 14.2 Å². The third-order valence-electron chi connectivity index (χ3n) is 5.05. The van der Waals surface area contributed by atoms with Crippen LogP contribution in [0.5, 0.6) is 11.5 Å². The van der Waals surface area contributed by atoms with Gasteiger partial charge in [0, 0.05) is 17.3 Å². The Labute approximate surface area is 176 Å². The Morgan fingerprint density at radius 2 is 1.50 bits per heavy atom. The molecule has 4 aromatic rings. The van der Waals surface area contributed by atoms with Gasteiger partial charge in [-0.15, -0.1) is 0 Å². The average molecular weight is 401 g/mol. The fourth-order valence-electron chi connectivity index (χ4n) is 3.51. The molecule has 0 aliphatic rings. The largest absolute Gasteiger partial charge is 0.493 e. The van der Waals surface area contributed by atoms with E-state index in [1.165, 1.54) is 11.1 Å². The van der Waals surface area contributed by atoms with E-state index in [0.29, 0.717) is 11.5 Å². The first-order valence-corrected chi connectivity index (χ1v) is 10.0. The summed E-state index contributed by atoms with van der Waals surface area (Å²) in [6, 6.07) is 26.6. The third kappa shape index (κ3) is 4.36. The van der Waals surface area contributed by atoms with Crippen LogP contribution < -0.4 is 14.8 Å². The zero-order valence-corrected chi connectivity index (χ0v) is 17.3. The quantitative estimate of drug-likeness (QED) is 0.489. The Bertz CT molecular complexity index is 1090. The molecule has 1 aromatic heterocycles. The van der Waals surface area contributed by atoms with E-state index in [1.807, 2.05) is 47.1 Å². The van der Waals surface area contributed by atoms with Gasteiger partial charge in [0.2, 0.25) is 0 Å². The molecule has 4 rings (SSSR count). The van der Waals surface area contributed by atoms with Crippen molar-refractivity contribution < 1.29 is 14.8 Å². The van der Waals surface area contributed by atoms with Gasteiger partial charge in [0.05, 0.1) is 25.5 Å². The molecule has 0 atom stereocenters. The molecule has 5 nitrogen and oxygen atoms in total. The Kier molecular flexibility index (Phi) is 6.11. The predicted octanol–water partition coefficient (Wildman–Crippen LogP) is 3.82. The molecular formula is C25H26N3O2+. The normalized spacial score (nSPS) is 10.7. The van der Waals surface area contributed by atoms with E-state index in [9.17, 15) is 0 Å². The summed E-state index contributed by atoms with van der Waals surface area (Å²) >= 11 is 0. The van der Waals surface area contributed by atoms with Crippen LogP contribution in [0, 0.1) is 0 Å². The molecule has 0 aliphatic carbocycles. The number of benzene rings is 3. The van der Waals surface area contributed by atoms with Crippen molar-refractivity contribution in [2.24, 2.45) is 0 Å². The van der Waals surface area contributed by atoms with Gasteiger partial charge < -0.3 is 14.8 Å². The molecule has 5 heteroatoms. The number of para-hydroxylation sites is 1. The molecular weight excluding hydrogens is 374 g/mol. The van der Waals surface area contributed by atoms with Crippen LogP contribution in [0.15, 0.2) is 85.1 Å². The Morgan fingerprint density at radius 3 is 2.20 bits per heavy atom. The number of ether oxygens (including phenoxy) is 2. The highest BCUT2D eigenvalue weighted by Crippen LogP contribution is 2.33. The minimum atomic E-state index is 0.698. The van der Waals surface area contributed by atoms with E-state index < -0.39 is 0 Å². The number of aromatic nitrogens is 2. The van der Waals surface area contributed by atoms with Crippen LogP contribution >= 0.6 is 0 Å². The predicted molar refractivity (Wildman–Crippen MR) is 118 cm³/mol. The second-order valence-electron chi connectivity index (χ2n) is 7.04. The molecule has 0 aliphatic heterocycles. The number of rotatable bonds is 8. The standard InChI is InChI=1S/C25H25N3O2/c1-29-23-14-13-20(15-24(23)30-2)25-21(17-26-16-19-9-5-3-6-10-19)18-28(27-25)22-11-7-4-8-12-22/h3-15,18,26H,16-17H2,1-2H3/p+1. The molecule has 30 heavy (non-hydrogen) atoms. The highest BCUT2D eigenvalue weighted by atomic mass is 16.5. The Morgan fingerprint density at radius 1 is 0.800 bits per heavy atom. The van der Waals surface area contributed by atoms with E-state index in [4.69, 9.17) is 14.6 Å². The molecule has 0 saturated heterocycles. The van der Waals surface area contributed by atoms with Crippen LogP contribution in [0.1, 0.15) is 11.1 Å². The van der Waals surface area contributed by atoms with Gasteiger partial charge in [0.25, 0.3) is 0 Å². The summed E-state index contributed by atoms with van der Waals surface area (Å²) < 4.78 is 12.8. The smallest absolute Gasteiger partial charge is 0.161 e. The Balaban J connectivity index is 1.66. The number of hydrogen-bond donors (Lipinski definition) is 1. The molecule has 0 bridgehead atoms. The topological polar surface area (TPSA) is 52.9 Å². The van der Waals surface area contributed by atoms with Crippen molar-refractivity contribution in [3.8, 4) is 28.4 Å². The van der Waals surface area contributed by atoms with Gasteiger partial charge in [-0.1, -0.05) is 48.5 Å². The molecule has 0 amide bonds. The lowest BCUT2D eigenvalue weighted by atomic mass is 10.1. The molecule has 0 spiro atoms. The van der Waals surface area contributed by atoms with Gasteiger partial charge in [-0.3, -0.25) is 0 Å². The van der Waals surface area contributed by atoms with Crippen molar-refractivity contribution in [3.63, 3.8) is 0 Å². The first-order chi connectivity index (χ1) is 14.8. The highest BCUT2D eigenvalue weighted by Gasteiger charge is 2.16. The lowest BCUT2D eigenvalue weighted by molar-refractivity contribution is -0.686. The minimum Gasteiger partial charge on any atom is -0.493 e. The lowest BCUT2D eigenvalue weighted by Crippen LogP contribution is -2.80. The maximum atomic E-state index is 5.50. The van der Waals surface area contributed by atoms with Gasteiger partial charge >= 0.3 is 0 Å². The molecule has 152 valence electrons. The SMILES string of the molecule is COc1ccc(-c2nn(-c3ccccc3)cc2C[NH2+]Cc2ccccc2)cc1OC. The summed E-state index contributed by atoms with van der Waals surface area (Å²) in [6.07, 6.45) is 2.11. The maximum absolute atomic E-state index is 5.50. The molecule has 0 unspecified atom stereocenters. The summed E-state index contributed by atoms with van der Waals surface area (Å²) in [4.78, 5) is 0. The van der Waals surface area contributed by atoms with Crippen molar-refractivity contribution >= 4 is 0 Å². The number of hydrogen-bond acceptors (Lipinski definition) is 3. The lowest BCUT2D eigenvalue weighted by Gasteiger charge is -2.09. The summed E-state index contributed by atoms with van der Waals surface area (Å²) in [5.74, 6) is 1.41. The zero-order valence-electron chi connectivity index (χ0n) is 17.3. The first-order valence-electron chi connectivity index (χ1n) is 10.0. The van der Waals surface area contributed by atoms with Crippen molar-refractivity contribution in [2.45, 2.75) is 13.1 Å². The van der Waals surface area contributed by atoms with Crippen molar-refractivity contribution in [1.29, 1.82) is 0 Å². The summed E-state index contributed by atoms with van der Waals surface area (Å²) in [7, 11) is 3.30. The van der Waals surface area contributed by atoms with Gasteiger partial charge in [-0.05, 0) is 30.3 Å².